The molecule has 30 heavy (non-hydrogen) atoms. The Morgan fingerprint density at radius 2 is 1.67 bits per heavy atom. The van der Waals surface area contributed by atoms with E-state index in [1.54, 1.807) is 14.0 Å². The van der Waals surface area contributed by atoms with Crippen molar-refractivity contribution >= 4 is 17.3 Å². The molecule has 0 heterocycles. The highest BCUT2D eigenvalue weighted by Crippen LogP contribution is 2.47. The SMILES string of the molecule is COc1ccc(NC2=C(C(C)=O)[C@H](c3ccc(C)cc3)[C@H](C(C)=O)[C@@](C)(O)C2)cc1. The lowest BCUT2D eigenvalue weighted by Crippen LogP contribution is -2.48. The van der Waals surface area contributed by atoms with Crippen molar-refractivity contribution in [1.82, 2.24) is 0 Å². The third-order valence-corrected chi connectivity index (χ3v) is 5.81. The van der Waals surface area contributed by atoms with Crippen LogP contribution in [0, 0.1) is 12.8 Å². The average Bonchev–Trinajstić information content (AvgIpc) is 2.67. The van der Waals surface area contributed by atoms with Crippen molar-refractivity contribution in [2.45, 2.75) is 45.6 Å². The highest BCUT2D eigenvalue weighted by atomic mass is 16.5. The molecule has 0 fully saturated rings. The molecule has 3 rings (SSSR count). The summed E-state index contributed by atoms with van der Waals surface area (Å²) in [6, 6.07) is 15.2. The van der Waals surface area contributed by atoms with Gasteiger partial charge in [-0.15, -0.1) is 0 Å². The van der Waals surface area contributed by atoms with Gasteiger partial charge in [0.2, 0.25) is 0 Å². The molecule has 5 nitrogen and oxygen atoms in total. The fourth-order valence-electron chi connectivity index (χ4n) is 4.47. The highest BCUT2D eigenvalue weighted by Gasteiger charge is 2.49. The zero-order chi connectivity index (χ0) is 22.1. The van der Waals surface area contributed by atoms with Crippen LogP contribution in [0.3, 0.4) is 0 Å². The van der Waals surface area contributed by atoms with Crippen molar-refractivity contribution in [3.63, 3.8) is 0 Å². The van der Waals surface area contributed by atoms with Gasteiger partial charge >= 0.3 is 0 Å². The highest BCUT2D eigenvalue weighted by molar-refractivity contribution is 5.98. The summed E-state index contributed by atoms with van der Waals surface area (Å²) in [7, 11) is 1.60. The third kappa shape index (κ3) is 4.31. The van der Waals surface area contributed by atoms with Crippen LogP contribution < -0.4 is 10.1 Å². The predicted molar refractivity (Wildman–Crippen MR) is 118 cm³/mol. The molecule has 0 amide bonds. The first-order valence-electron chi connectivity index (χ1n) is 10.1. The van der Waals surface area contributed by atoms with Gasteiger partial charge < -0.3 is 15.2 Å². The van der Waals surface area contributed by atoms with Crippen LogP contribution in [0.25, 0.3) is 0 Å². The molecule has 2 aromatic rings. The summed E-state index contributed by atoms with van der Waals surface area (Å²) in [6.07, 6.45) is 0.181. The average molecular weight is 408 g/mol. The number of Topliss-reactive ketones (excluding diaryl/α,β-unsaturated/α-hetero) is 2. The Kier molecular flexibility index (Phi) is 6.13. The number of carbonyl (C=O) groups excluding carboxylic acids is 2. The van der Waals surface area contributed by atoms with Gasteiger partial charge in [-0.1, -0.05) is 29.8 Å². The van der Waals surface area contributed by atoms with Crippen LogP contribution in [0.1, 0.15) is 44.2 Å². The van der Waals surface area contributed by atoms with Crippen molar-refractivity contribution in [2.24, 2.45) is 5.92 Å². The van der Waals surface area contributed by atoms with E-state index in [9.17, 15) is 14.7 Å². The number of ether oxygens (including phenoxy) is 1. The van der Waals surface area contributed by atoms with Gasteiger partial charge in [0.1, 0.15) is 11.5 Å². The van der Waals surface area contributed by atoms with Gasteiger partial charge in [-0.05, 0) is 57.5 Å². The normalized spacial score (nSPS) is 23.8. The number of methoxy groups -OCH3 is 1. The minimum Gasteiger partial charge on any atom is -0.497 e. The monoisotopic (exact) mass is 407 g/mol. The van der Waals surface area contributed by atoms with Gasteiger partial charge in [0.05, 0.1) is 18.6 Å². The van der Waals surface area contributed by atoms with E-state index in [2.05, 4.69) is 5.32 Å². The summed E-state index contributed by atoms with van der Waals surface area (Å²) >= 11 is 0. The number of allylic oxidation sites excluding steroid dienone is 1. The second-order valence-corrected chi connectivity index (χ2v) is 8.31. The van der Waals surface area contributed by atoms with Crippen molar-refractivity contribution in [3.05, 3.63) is 70.9 Å². The largest absolute Gasteiger partial charge is 0.497 e. The summed E-state index contributed by atoms with van der Waals surface area (Å²) in [5.74, 6) is -0.747. The van der Waals surface area contributed by atoms with E-state index < -0.39 is 17.4 Å². The molecule has 1 aliphatic rings. The molecule has 0 spiro atoms. The molecule has 0 saturated carbocycles. The zero-order valence-electron chi connectivity index (χ0n) is 18.2. The number of hydrogen-bond acceptors (Lipinski definition) is 5. The van der Waals surface area contributed by atoms with Gasteiger partial charge in [-0.2, -0.15) is 0 Å². The Balaban J connectivity index is 2.16. The van der Waals surface area contributed by atoms with E-state index in [4.69, 9.17) is 4.74 Å². The van der Waals surface area contributed by atoms with E-state index in [1.165, 1.54) is 13.8 Å². The maximum atomic E-state index is 12.8. The second kappa shape index (κ2) is 8.44. The quantitative estimate of drug-likeness (QED) is 0.742. The number of hydrogen-bond donors (Lipinski definition) is 2. The van der Waals surface area contributed by atoms with E-state index in [1.807, 2.05) is 55.5 Å². The number of aryl methyl sites for hydroxylation is 1. The Morgan fingerprint density at radius 1 is 1.07 bits per heavy atom. The lowest BCUT2D eigenvalue weighted by molar-refractivity contribution is -0.131. The molecule has 0 radical (unpaired) electrons. The van der Waals surface area contributed by atoms with Crippen LogP contribution in [-0.4, -0.2) is 29.4 Å². The van der Waals surface area contributed by atoms with Crippen LogP contribution in [0.4, 0.5) is 5.69 Å². The van der Waals surface area contributed by atoms with E-state index in [0.717, 1.165) is 22.6 Å². The molecule has 0 saturated heterocycles. The summed E-state index contributed by atoms with van der Waals surface area (Å²) in [5, 5.41) is 14.6. The van der Waals surface area contributed by atoms with Crippen molar-refractivity contribution in [1.29, 1.82) is 0 Å². The molecule has 0 aromatic heterocycles. The number of anilines is 1. The number of benzene rings is 2. The molecule has 0 bridgehead atoms. The first kappa shape index (κ1) is 21.8. The molecular formula is C25H29NO4. The van der Waals surface area contributed by atoms with Gasteiger partial charge in [-0.3, -0.25) is 9.59 Å². The minimum absolute atomic E-state index is 0.113. The summed E-state index contributed by atoms with van der Waals surface area (Å²) < 4.78 is 5.21. The van der Waals surface area contributed by atoms with E-state index >= 15 is 0 Å². The maximum absolute atomic E-state index is 12.8. The Bertz CT molecular complexity index is 971. The number of ketones is 2. The van der Waals surface area contributed by atoms with Gasteiger partial charge in [0, 0.05) is 29.3 Å². The van der Waals surface area contributed by atoms with Crippen LogP contribution in [-0.2, 0) is 9.59 Å². The molecule has 2 N–H and O–H groups in total. The molecule has 158 valence electrons. The van der Waals surface area contributed by atoms with Crippen LogP contribution in [0.5, 0.6) is 5.75 Å². The van der Waals surface area contributed by atoms with E-state index in [-0.39, 0.29) is 18.0 Å². The maximum Gasteiger partial charge on any atom is 0.158 e. The Morgan fingerprint density at radius 3 is 2.17 bits per heavy atom. The number of rotatable bonds is 6. The minimum atomic E-state index is -1.30. The van der Waals surface area contributed by atoms with E-state index in [0.29, 0.717) is 11.3 Å². The van der Waals surface area contributed by atoms with Gasteiger partial charge in [0.15, 0.2) is 5.78 Å². The number of carbonyl (C=O) groups is 2. The third-order valence-electron chi connectivity index (χ3n) is 5.81. The Labute approximate surface area is 177 Å². The smallest absolute Gasteiger partial charge is 0.158 e. The summed E-state index contributed by atoms with van der Waals surface area (Å²) in [5.41, 5.74) is 2.60. The van der Waals surface area contributed by atoms with Gasteiger partial charge in [0.25, 0.3) is 0 Å². The molecule has 5 heteroatoms. The fraction of sp³-hybridized carbons (Fsp3) is 0.360. The van der Waals surface area contributed by atoms with Crippen molar-refractivity contribution in [3.8, 4) is 5.75 Å². The molecule has 0 aliphatic heterocycles. The first-order valence-corrected chi connectivity index (χ1v) is 10.1. The lowest BCUT2D eigenvalue weighted by Gasteiger charge is -2.43. The predicted octanol–water partition coefficient (Wildman–Crippen LogP) is 4.40. The molecule has 2 aromatic carbocycles. The number of nitrogens with one attached hydrogen (secondary N) is 1. The van der Waals surface area contributed by atoms with Gasteiger partial charge in [-0.25, -0.2) is 0 Å². The molecule has 0 unspecified atom stereocenters. The topological polar surface area (TPSA) is 75.6 Å². The Hall–Kier alpha value is -2.92. The lowest BCUT2D eigenvalue weighted by atomic mass is 9.64. The molecule has 3 atom stereocenters. The van der Waals surface area contributed by atoms with Crippen molar-refractivity contribution < 1.29 is 19.4 Å². The fourth-order valence-corrected chi connectivity index (χ4v) is 4.47. The van der Waals surface area contributed by atoms with Crippen LogP contribution >= 0.6 is 0 Å². The standard InChI is InChI=1S/C25H29NO4/c1-15-6-8-18(9-7-15)23-22(16(2)27)21(14-25(4,29)24(23)17(3)28)26-19-10-12-20(30-5)13-11-19/h6-13,23-24,26,29H,14H2,1-5H3/t23-,24-,25-/m0/s1. The molecule has 1 aliphatic carbocycles. The second-order valence-electron chi connectivity index (χ2n) is 8.31. The van der Waals surface area contributed by atoms with Crippen LogP contribution in [0.15, 0.2) is 59.8 Å². The number of aliphatic hydroxyl groups is 1. The summed E-state index contributed by atoms with van der Waals surface area (Å²) in [4.78, 5) is 25.5. The zero-order valence-corrected chi connectivity index (χ0v) is 18.2. The summed E-state index contributed by atoms with van der Waals surface area (Å²) in [6.45, 7) is 6.66. The van der Waals surface area contributed by atoms with Crippen molar-refractivity contribution in [2.75, 3.05) is 12.4 Å². The first-order chi connectivity index (χ1) is 14.1. The molecular weight excluding hydrogens is 378 g/mol. The van der Waals surface area contributed by atoms with Crippen LogP contribution in [0.2, 0.25) is 0 Å².